The molecule has 5 heteroatoms. The van der Waals surface area contributed by atoms with Crippen molar-refractivity contribution < 1.29 is 18.3 Å². The molecule has 0 radical (unpaired) electrons. The minimum absolute atomic E-state index is 0.0954. The third kappa shape index (κ3) is 1.76. The minimum Gasteiger partial charge on any atom is -0.464 e. The Morgan fingerprint density at radius 2 is 1.78 bits per heavy atom. The maximum Gasteiger partial charge on any atom is 0.231 e. The number of benzene rings is 2. The minimum atomic E-state index is -0.0954. The molecule has 0 spiro atoms. The summed E-state index contributed by atoms with van der Waals surface area (Å²) in [5, 5.41) is 1.31. The van der Waals surface area contributed by atoms with Crippen molar-refractivity contribution in [1.82, 2.24) is 0 Å². The van der Waals surface area contributed by atoms with Crippen molar-refractivity contribution in [1.29, 1.82) is 0 Å². The van der Waals surface area contributed by atoms with Crippen LogP contribution in [0.5, 0.6) is 11.5 Å². The van der Waals surface area contributed by atoms with Gasteiger partial charge < -0.3 is 18.3 Å². The first-order valence-corrected chi connectivity index (χ1v) is 7.14. The lowest BCUT2D eigenvalue weighted by Gasteiger charge is -2.05. The second kappa shape index (κ2) is 4.39. The van der Waals surface area contributed by atoms with Crippen LogP contribution in [-0.2, 0) is 0 Å². The van der Waals surface area contributed by atoms with E-state index in [9.17, 15) is 4.79 Å². The first-order valence-electron chi connectivity index (χ1n) is 7.14. The van der Waals surface area contributed by atoms with E-state index in [1.54, 1.807) is 30.5 Å². The van der Waals surface area contributed by atoms with Gasteiger partial charge in [0.1, 0.15) is 16.9 Å². The Morgan fingerprint density at radius 1 is 0.870 bits per heavy atom. The van der Waals surface area contributed by atoms with Gasteiger partial charge in [-0.25, -0.2) is 0 Å². The molecule has 0 atom stereocenters. The van der Waals surface area contributed by atoms with Crippen molar-refractivity contribution >= 4 is 21.9 Å². The Balaban J connectivity index is 1.80. The number of furan rings is 1. The van der Waals surface area contributed by atoms with Crippen molar-refractivity contribution in [2.75, 3.05) is 6.79 Å². The van der Waals surface area contributed by atoms with Crippen molar-refractivity contribution in [3.05, 3.63) is 59.0 Å². The molecular weight excluding hydrogens is 296 g/mol. The Morgan fingerprint density at radius 3 is 2.74 bits per heavy atom. The van der Waals surface area contributed by atoms with Crippen molar-refractivity contribution in [2.45, 2.75) is 0 Å². The van der Waals surface area contributed by atoms with Crippen LogP contribution in [0, 0.1) is 0 Å². The van der Waals surface area contributed by atoms with Gasteiger partial charge in [-0.1, -0.05) is 0 Å². The molecule has 1 aliphatic rings. The molecule has 0 saturated carbocycles. The zero-order chi connectivity index (χ0) is 15.4. The van der Waals surface area contributed by atoms with Gasteiger partial charge in [0.15, 0.2) is 16.9 Å². The van der Waals surface area contributed by atoms with Crippen LogP contribution in [-0.4, -0.2) is 6.79 Å². The number of rotatable bonds is 1. The highest BCUT2D eigenvalue weighted by molar-refractivity contribution is 6.02. The number of hydrogen-bond donors (Lipinski definition) is 0. The Bertz CT molecular complexity index is 1120. The van der Waals surface area contributed by atoms with Gasteiger partial charge in [-0.15, -0.1) is 0 Å². The maximum atomic E-state index is 12.4. The van der Waals surface area contributed by atoms with Gasteiger partial charge in [-0.2, -0.15) is 0 Å². The summed E-state index contributed by atoms with van der Waals surface area (Å²) in [4.78, 5) is 12.4. The van der Waals surface area contributed by atoms with Crippen molar-refractivity contribution in [3.63, 3.8) is 0 Å². The van der Waals surface area contributed by atoms with Gasteiger partial charge >= 0.3 is 0 Å². The van der Waals surface area contributed by atoms with Gasteiger partial charge in [0.25, 0.3) is 0 Å². The highest BCUT2D eigenvalue weighted by atomic mass is 16.7. The summed E-state index contributed by atoms with van der Waals surface area (Å²) in [7, 11) is 0. The third-order valence-corrected chi connectivity index (χ3v) is 3.98. The molecule has 3 heterocycles. The molecule has 2 aromatic heterocycles. The van der Waals surface area contributed by atoms with Crippen LogP contribution < -0.4 is 14.9 Å². The van der Waals surface area contributed by atoms with E-state index in [-0.39, 0.29) is 12.2 Å². The highest BCUT2D eigenvalue weighted by Crippen LogP contribution is 2.36. The van der Waals surface area contributed by atoms with E-state index in [4.69, 9.17) is 18.3 Å². The van der Waals surface area contributed by atoms with Crippen LogP contribution in [0.2, 0.25) is 0 Å². The molecule has 0 bridgehead atoms. The Hall–Kier alpha value is -3.21. The smallest absolute Gasteiger partial charge is 0.231 e. The lowest BCUT2D eigenvalue weighted by atomic mass is 10.1. The molecule has 0 fully saturated rings. The maximum absolute atomic E-state index is 12.4. The van der Waals surface area contributed by atoms with Gasteiger partial charge in [-0.3, -0.25) is 4.79 Å². The predicted octanol–water partition coefficient (Wildman–Crippen LogP) is 3.93. The molecule has 2 aromatic carbocycles. The average Bonchev–Trinajstić information content (AvgIpc) is 3.22. The van der Waals surface area contributed by atoms with Crippen LogP contribution in [0.4, 0.5) is 0 Å². The highest BCUT2D eigenvalue weighted by Gasteiger charge is 2.16. The molecule has 4 aromatic rings. The number of ether oxygens (including phenoxy) is 2. The zero-order valence-electron chi connectivity index (χ0n) is 11.9. The first-order chi connectivity index (χ1) is 11.3. The van der Waals surface area contributed by atoms with E-state index in [0.29, 0.717) is 33.8 Å². The molecule has 5 rings (SSSR count). The molecule has 112 valence electrons. The first kappa shape index (κ1) is 12.3. The van der Waals surface area contributed by atoms with Gasteiger partial charge in [-0.05, 0) is 36.4 Å². The van der Waals surface area contributed by atoms with Crippen LogP contribution in [0.1, 0.15) is 0 Å². The second-order valence-corrected chi connectivity index (χ2v) is 5.32. The van der Waals surface area contributed by atoms with E-state index < -0.39 is 0 Å². The fourth-order valence-electron chi connectivity index (χ4n) is 2.85. The topological polar surface area (TPSA) is 61.8 Å². The summed E-state index contributed by atoms with van der Waals surface area (Å²) in [5.41, 5.74) is 1.87. The van der Waals surface area contributed by atoms with Gasteiger partial charge in [0.2, 0.25) is 6.79 Å². The molecule has 0 saturated heterocycles. The summed E-state index contributed by atoms with van der Waals surface area (Å²) in [5.74, 6) is 1.82. The zero-order valence-corrected chi connectivity index (χ0v) is 11.9. The Labute approximate surface area is 129 Å². The van der Waals surface area contributed by atoms with Crippen molar-refractivity contribution in [3.8, 4) is 22.8 Å². The summed E-state index contributed by atoms with van der Waals surface area (Å²) in [6.07, 6.45) is 1.58. The lowest BCUT2D eigenvalue weighted by molar-refractivity contribution is 0.174. The van der Waals surface area contributed by atoms with Crippen LogP contribution in [0.25, 0.3) is 33.3 Å². The number of hydrogen-bond acceptors (Lipinski definition) is 5. The van der Waals surface area contributed by atoms with Crippen LogP contribution in [0.15, 0.2) is 62.4 Å². The summed E-state index contributed by atoms with van der Waals surface area (Å²) < 4.78 is 22.1. The number of fused-ring (bicyclic) bond motifs is 4. The molecular formula is C18H10O5. The Kier molecular flexibility index (Phi) is 2.36. The van der Waals surface area contributed by atoms with E-state index in [2.05, 4.69) is 0 Å². The quantitative estimate of drug-likeness (QED) is 0.533. The van der Waals surface area contributed by atoms with Gasteiger partial charge in [0, 0.05) is 11.6 Å². The molecule has 5 nitrogen and oxygen atoms in total. The SMILES string of the molecule is O=c1cc(-c2ccc3c(c2)OCO3)oc2c1ccc1occc12. The monoisotopic (exact) mass is 306 g/mol. The van der Waals surface area contributed by atoms with E-state index >= 15 is 0 Å². The van der Waals surface area contributed by atoms with E-state index in [1.165, 1.54) is 6.07 Å². The largest absolute Gasteiger partial charge is 0.464 e. The molecule has 0 aliphatic carbocycles. The molecule has 23 heavy (non-hydrogen) atoms. The fraction of sp³-hybridized carbons (Fsp3) is 0.0556. The van der Waals surface area contributed by atoms with E-state index in [1.807, 2.05) is 12.1 Å². The summed E-state index contributed by atoms with van der Waals surface area (Å²) >= 11 is 0. The summed E-state index contributed by atoms with van der Waals surface area (Å²) in [6, 6.07) is 12.2. The molecule has 0 amide bonds. The standard InChI is InChI=1S/C18H10O5/c19-13-8-16(10-1-3-15-17(7-10)22-9-21-15)23-18-11(13)2-4-14-12(18)5-6-20-14/h1-8H,9H2. The molecule has 0 unspecified atom stereocenters. The lowest BCUT2D eigenvalue weighted by Crippen LogP contribution is -2.00. The van der Waals surface area contributed by atoms with Crippen molar-refractivity contribution in [2.24, 2.45) is 0 Å². The third-order valence-electron chi connectivity index (χ3n) is 3.98. The summed E-state index contributed by atoms with van der Waals surface area (Å²) in [6.45, 7) is 0.204. The molecule has 1 aliphatic heterocycles. The normalized spacial score (nSPS) is 13.0. The fourth-order valence-corrected chi connectivity index (χ4v) is 2.85. The predicted molar refractivity (Wildman–Crippen MR) is 83.8 cm³/mol. The van der Waals surface area contributed by atoms with Crippen LogP contribution in [0.3, 0.4) is 0 Å². The van der Waals surface area contributed by atoms with Gasteiger partial charge in [0.05, 0.1) is 17.0 Å². The average molecular weight is 306 g/mol. The second-order valence-electron chi connectivity index (χ2n) is 5.32. The molecule has 0 N–H and O–H groups in total. The van der Waals surface area contributed by atoms with Crippen LogP contribution >= 0.6 is 0 Å². The van der Waals surface area contributed by atoms with E-state index in [0.717, 1.165) is 10.9 Å².